The summed E-state index contributed by atoms with van der Waals surface area (Å²) in [6.07, 6.45) is 2.43. The quantitative estimate of drug-likeness (QED) is 0.926. The number of H-pyrrole nitrogens is 1. The molecule has 2 heterocycles. The maximum absolute atomic E-state index is 12.2. The van der Waals surface area contributed by atoms with Gasteiger partial charge in [0.15, 0.2) is 0 Å². The van der Waals surface area contributed by atoms with E-state index in [9.17, 15) is 4.79 Å². The van der Waals surface area contributed by atoms with Crippen molar-refractivity contribution in [3.63, 3.8) is 0 Å². The summed E-state index contributed by atoms with van der Waals surface area (Å²) in [6, 6.07) is 8.00. The maximum atomic E-state index is 12.2. The van der Waals surface area contributed by atoms with Gasteiger partial charge in [-0.1, -0.05) is 18.2 Å². The molecule has 3 rings (SSSR count). The van der Waals surface area contributed by atoms with Crippen LogP contribution >= 0.6 is 0 Å². The van der Waals surface area contributed by atoms with Crippen molar-refractivity contribution >= 4 is 5.91 Å². The van der Waals surface area contributed by atoms with Crippen LogP contribution in [0.2, 0.25) is 0 Å². The van der Waals surface area contributed by atoms with Crippen LogP contribution in [0.3, 0.4) is 0 Å². The Morgan fingerprint density at radius 3 is 3.00 bits per heavy atom. The van der Waals surface area contributed by atoms with E-state index in [0.29, 0.717) is 12.2 Å². The molecule has 5 heteroatoms. The molecule has 0 radical (unpaired) electrons. The molecule has 1 amide bonds. The smallest absolute Gasteiger partial charge is 0.271 e. The van der Waals surface area contributed by atoms with Crippen LogP contribution in [0.15, 0.2) is 30.5 Å². The van der Waals surface area contributed by atoms with Gasteiger partial charge in [-0.2, -0.15) is 0 Å². The lowest BCUT2D eigenvalue weighted by Gasteiger charge is -2.20. The largest absolute Gasteiger partial charge is 0.488 e. The second-order valence-electron chi connectivity index (χ2n) is 5.12. The monoisotopic (exact) mass is 271 g/mol. The number of fused-ring (bicyclic) bond motifs is 1. The molecule has 0 fully saturated rings. The molecular weight excluding hydrogens is 254 g/mol. The topological polar surface area (TPSA) is 58.2 Å². The number of hydrogen-bond donors (Lipinski definition) is 1. The van der Waals surface area contributed by atoms with E-state index < -0.39 is 0 Å². The van der Waals surface area contributed by atoms with Crippen molar-refractivity contribution in [2.45, 2.75) is 19.4 Å². The molecule has 1 aromatic heterocycles. The molecule has 1 aliphatic rings. The van der Waals surface area contributed by atoms with Crippen molar-refractivity contribution in [2.75, 3.05) is 13.6 Å². The highest BCUT2D eigenvalue weighted by Gasteiger charge is 2.25. The van der Waals surface area contributed by atoms with Crippen molar-refractivity contribution < 1.29 is 9.53 Å². The van der Waals surface area contributed by atoms with E-state index in [1.807, 2.05) is 25.1 Å². The normalized spacial score (nSPS) is 16.6. The van der Waals surface area contributed by atoms with Gasteiger partial charge in [-0.3, -0.25) is 4.79 Å². The zero-order valence-corrected chi connectivity index (χ0v) is 11.6. The van der Waals surface area contributed by atoms with E-state index in [1.165, 1.54) is 5.56 Å². The van der Waals surface area contributed by atoms with Gasteiger partial charge < -0.3 is 14.6 Å². The summed E-state index contributed by atoms with van der Waals surface area (Å²) in [5, 5.41) is 0. The van der Waals surface area contributed by atoms with Crippen LogP contribution in [-0.2, 0) is 6.42 Å². The zero-order chi connectivity index (χ0) is 14.1. The Morgan fingerprint density at radius 2 is 2.30 bits per heavy atom. The number of para-hydroxylation sites is 1. The molecule has 104 valence electrons. The van der Waals surface area contributed by atoms with Crippen LogP contribution < -0.4 is 4.74 Å². The van der Waals surface area contributed by atoms with Crippen LogP contribution in [0, 0.1) is 6.92 Å². The molecule has 0 unspecified atom stereocenters. The standard InChI is InChI=1S/C15H17N3O2/c1-10-16-8-13(17-10)15(19)18(2)9-12-7-11-5-3-4-6-14(11)20-12/h3-6,8,12H,7,9H2,1-2H3,(H,16,17)/t12-/m0/s1. The lowest BCUT2D eigenvalue weighted by Crippen LogP contribution is -2.36. The fraction of sp³-hybridized carbons (Fsp3) is 0.333. The number of amides is 1. The lowest BCUT2D eigenvalue weighted by molar-refractivity contribution is 0.0725. The summed E-state index contributed by atoms with van der Waals surface area (Å²) < 4.78 is 5.85. The van der Waals surface area contributed by atoms with Gasteiger partial charge in [0.25, 0.3) is 5.91 Å². The van der Waals surface area contributed by atoms with Gasteiger partial charge in [-0.05, 0) is 18.6 Å². The van der Waals surface area contributed by atoms with Crippen molar-refractivity contribution in [2.24, 2.45) is 0 Å². The molecule has 0 bridgehead atoms. The van der Waals surface area contributed by atoms with Crippen molar-refractivity contribution in [3.05, 3.63) is 47.5 Å². The molecule has 1 N–H and O–H groups in total. The molecular formula is C15H17N3O2. The van der Waals surface area contributed by atoms with Crippen molar-refractivity contribution in [1.82, 2.24) is 14.9 Å². The van der Waals surface area contributed by atoms with Gasteiger partial charge in [0.2, 0.25) is 0 Å². The van der Waals surface area contributed by atoms with Crippen molar-refractivity contribution in [3.8, 4) is 5.75 Å². The number of nitrogens with zero attached hydrogens (tertiary/aromatic N) is 2. The van der Waals surface area contributed by atoms with Crippen LogP contribution in [0.25, 0.3) is 0 Å². The predicted octanol–water partition coefficient (Wildman–Crippen LogP) is 1.79. The van der Waals surface area contributed by atoms with Crippen LogP contribution in [0.4, 0.5) is 0 Å². The van der Waals surface area contributed by atoms with E-state index in [4.69, 9.17) is 4.74 Å². The third-order valence-electron chi connectivity index (χ3n) is 3.47. The number of carbonyl (C=O) groups is 1. The molecule has 20 heavy (non-hydrogen) atoms. The van der Waals surface area contributed by atoms with E-state index in [0.717, 1.165) is 18.0 Å². The Bertz CT molecular complexity index is 611. The molecule has 0 saturated carbocycles. The highest BCUT2D eigenvalue weighted by Crippen LogP contribution is 2.28. The number of aromatic nitrogens is 2. The van der Waals surface area contributed by atoms with E-state index in [-0.39, 0.29) is 12.0 Å². The summed E-state index contributed by atoms with van der Waals surface area (Å²) in [4.78, 5) is 20.9. The number of carbonyl (C=O) groups excluding carboxylic acids is 1. The first-order chi connectivity index (χ1) is 9.63. The highest BCUT2D eigenvalue weighted by molar-refractivity contribution is 5.92. The summed E-state index contributed by atoms with van der Waals surface area (Å²) in [5.74, 6) is 1.60. The number of aromatic amines is 1. The van der Waals surface area contributed by atoms with Gasteiger partial charge in [-0.25, -0.2) is 4.98 Å². The summed E-state index contributed by atoms with van der Waals surface area (Å²) in [5.41, 5.74) is 1.72. The maximum Gasteiger partial charge on any atom is 0.271 e. The van der Waals surface area contributed by atoms with Crippen LogP contribution in [0.1, 0.15) is 21.9 Å². The number of nitrogens with one attached hydrogen (secondary N) is 1. The van der Waals surface area contributed by atoms with Crippen molar-refractivity contribution in [1.29, 1.82) is 0 Å². The molecule has 0 spiro atoms. The summed E-state index contributed by atoms with van der Waals surface area (Å²) in [7, 11) is 1.78. The second kappa shape index (κ2) is 5.00. The fourth-order valence-corrected chi connectivity index (χ4v) is 2.48. The number of ether oxygens (including phenoxy) is 1. The van der Waals surface area contributed by atoms with Crippen LogP contribution in [-0.4, -0.2) is 40.5 Å². The summed E-state index contributed by atoms with van der Waals surface area (Å²) in [6.45, 7) is 2.39. The predicted molar refractivity (Wildman–Crippen MR) is 74.8 cm³/mol. The molecule has 1 atom stereocenters. The van der Waals surface area contributed by atoms with Gasteiger partial charge in [0.1, 0.15) is 23.4 Å². The molecule has 0 saturated heterocycles. The SMILES string of the molecule is Cc1ncc(C(=O)N(C)C[C@@H]2Cc3ccccc3O2)[nH]1. The minimum atomic E-state index is -0.0647. The number of hydrogen-bond acceptors (Lipinski definition) is 3. The summed E-state index contributed by atoms with van der Waals surface area (Å²) >= 11 is 0. The third-order valence-corrected chi connectivity index (χ3v) is 3.47. The molecule has 2 aromatic rings. The van der Waals surface area contributed by atoms with E-state index in [2.05, 4.69) is 16.0 Å². The van der Waals surface area contributed by atoms with E-state index >= 15 is 0 Å². The first kappa shape index (κ1) is 12.7. The first-order valence-electron chi connectivity index (χ1n) is 6.65. The fourth-order valence-electron chi connectivity index (χ4n) is 2.48. The number of benzene rings is 1. The Hall–Kier alpha value is -2.30. The molecule has 1 aromatic carbocycles. The Balaban J connectivity index is 1.63. The molecule has 1 aliphatic heterocycles. The second-order valence-corrected chi connectivity index (χ2v) is 5.12. The minimum absolute atomic E-state index is 0.0189. The Labute approximate surface area is 117 Å². The molecule has 0 aliphatic carbocycles. The number of aryl methyl sites for hydroxylation is 1. The van der Waals surface area contributed by atoms with E-state index in [1.54, 1.807) is 18.1 Å². The average Bonchev–Trinajstić information content (AvgIpc) is 3.03. The van der Waals surface area contributed by atoms with Gasteiger partial charge in [-0.15, -0.1) is 0 Å². The lowest BCUT2D eigenvalue weighted by atomic mass is 10.1. The highest BCUT2D eigenvalue weighted by atomic mass is 16.5. The van der Waals surface area contributed by atoms with Gasteiger partial charge in [0.05, 0.1) is 12.7 Å². The minimum Gasteiger partial charge on any atom is -0.488 e. The Kier molecular flexibility index (Phi) is 3.18. The average molecular weight is 271 g/mol. The van der Waals surface area contributed by atoms with Crippen LogP contribution in [0.5, 0.6) is 5.75 Å². The van der Waals surface area contributed by atoms with Gasteiger partial charge >= 0.3 is 0 Å². The zero-order valence-electron chi connectivity index (χ0n) is 11.6. The number of likely N-dealkylation sites (N-methyl/N-ethyl adjacent to an activating group) is 1. The van der Waals surface area contributed by atoms with Gasteiger partial charge in [0, 0.05) is 13.5 Å². The Morgan fingerprint density at radius 1 is 1.50 bits per heavy atom. The molecule has 5 nitrogen and oxygen atoms in total. The number of rotatable bonds is 3. The third kappa shape index (κ3) is 2.39. The number of imidazole rings is 1. The first-order valence-corrected chi connectivity index (χ1v) is 6.65.